The van der Waals surface area contributed by atoms with Crippen LogP contribution < -0.4 is 29.6 Å². The Labute approximate surface area is 269 Å². The molecule has 0 aromatic carbocycles. The van der Waals surface area contributed by atoms with Crippen molar-refractivity contribution in [2.45, 2.75) is 95.9 Å². The number of hydrogen-bond donors (Lipinski definition) is 1. The van der Waals surface area contributed by atoms with Crippen LogP contribution >= 0.6 is 0 Å². The van der Waals surface area contributed by atoms with Crippen LogP contribution in [0.4, 0.5) is 127 Å². The summed E-state index contributed by atoms with van der Waals surface area (Å²) < 4.78 is 394. The summed E-state index contributed by atoms with van der Waals surface area (Å²) in [5.41, 5.74) is 0. The second-order valence-electron chi connectivity index (χ2n) is 8.92. The Bertz CT molecular complexity index is 1220. The van der Waals surface area contributed by atoms with Crippen molar-refractivity contribution in [1.29, 1.82) is 0 Å². The minimum Gasteiger partial charge on any atom is -1.00 e. The van der Waals surface area contributed by atoms with Gasteiger partial charge in [-0.3, -0.25) is 9.47 Å². The molecule has 1 saturated heterocycles. The quantitative estimate of drug-likeness (QED) is 0.195. The molecule has 1 fully saturated rings. The largest absolute Gasteiger partial charge is 1.00 e. The second kappa shape index (κ2) is 11.9. The maximum Gasteiger partial charge on any atom is 1.00 e. The number of ether oxygens (including phenoxy) is 2. The molecule has 0 bridgehead atoms. The van der Waals surface area contributed by atoms with Gasteiger partial charge in [-0.2, -0.15) is 110 Å². The standard InChI is InChI=1S/C16H3F29O3.Na.H/c17-1(18)3(21,22)5(25,26)7(29,30)9(33,34)11(37,38)13(41)16(44,45)48-14(47-13,15(42,43)46)12(39,40)10(35,36)8(31,32)6(27,28)4(23,24)2(19)20;;/h1-2,46H;;/q;+1;-1. The fraction of sp³-hybridized carbons (Fsp3) is 1.00. The summed E-state index contributed by atoms with van der Waals surface area (Å²) in [6, 6.07) is 0. The zero-order chi connectivity index (χ0) is 39.6. The molecule has 1 heterocycles. The van der Waals surface area contributed by atoms with Crippen molar-refractivity contribution in [2.75, 3.05) is 0 Å². The van der Waals surface area contributed by atoms with Gasteiger partial charge in [0, 0.05) is 0 Å². The van der Waals surface area contributed by atoms with Gasteiger partial charge in [0.1, 0.15) is 0 Å². The van der Waals surface area contributed by atoms with E-state index in [4.69, 9.17) is 5.11 Å². The summed E-state index contributed by atoms with van der Waals surface area (Å²) in [6.07, 6.45) is -29.6. The Morgan fingerprint density at radius 1 is 0.429 bits per heavy atom. The molecular weight excluding hydrogens is 814 g/mol. The number of alkyl halides is 29. The third kappa shape index (κ3) is 5.50. The molecule has 0 spiro atoms. The molecular formula is C16H4F29NaO3. The minimum atomic E-state index is -9.45. The Kier molecular flexibility index (Phi) is 11.7. The number of hydrogen-bond acceptors (Lipinski definition) is 3. The number of aliphatic hydroxyl groups is 1. The van der Waals surface area contributed by atoms with E-state index in [9.17, 15) is 127 Å². The average Bonchev–Trinajstić information content (AvgIpc) is 3.10. The third-order valence-corrected chi connectivity index (χ3v) is 5.90. The van der Waals surface area contributed by atoms with Crippen molar-refractivity contribution in [2.24, 2.45) is 0 Å². The van der Waals surface area contributed by atoms with Crippen LogP contribution in [0.15, 0.2) is 0 Å². The van der Waals surface area contributed by atoms with E-state index in [1.165, 1.54) is 9.47 Å². The van der Waals surface area contributed by atoms with E-state index >= 15 is 0 Å². The molecule has 0 aromatic rings. The molecule has 3 nitrogen and oxygen atoms in total. The molecule has 0 saturated carbocycles. The van der Waals surface area contributed by atoms with Crippen LogP contribution in [-0.4, -0.2) is 101 Å². The number of rotatable bonds is 13. The molecule has 49 heavy (non-hydrogen) atoms. The van der Waals surface area contributed by atoms with Crippen molar-refractivity contribution in [1.82, 2.24) is 0 Å². The third-order valence-electron chi connectivity index (χ3n) is 5.90. The fourth-order valence-electron chi connectivity index (χ4n) is 3.10. The van der Waals surface area contributed by atoms with Gasteiger partial charge in [-0.15, -0.1) is 0 Å². The number of halogens is 29. The zero-order valence-electron chi connectivity index (χ0n) is 22.4. The predicted octanol–water partition coefficient (Wildman–Crippen LogP) is 5.57. The summed E-state index contributed by atoms with van der Waals surface area (Å²) in [5.74, 6) is -108. The average molecular weight is 818 g/mol. The van der Waals surface area contributed by atoms with Crippen molar-refractivity contribution < 1.29 is 173 Å². The molecule has 1 aliphatic heterocycles. The van der Waals surface area contributed by atoms with Crippen LogP contribution in [0.1, 0.15) is 1.43 Å². The van der Waals surface area contributed by atoms with Gasteiger partial charge in [0.15, 0.2) is 0 Å². The van der Waals surface area contributed by atoms with E-state index in [1.54, 1.807) is 0 Å². The first kappa shape index (κ1) is 47.8. The molecule has 33 heteroatoms. The minimum absolute atomic E-state index is 0. The van der Waals surface area contributed by atoms with Crippen molar-refractivity contribution in [3.8, 4) is 0 Å². The molecule has 0 radical (unpaired) electrons. The molecule has 0 aliphatic carbocycles. The molecule has 0 aromatic heterocycles. The van der Waals surface area contributed by atoms with Gasteiger partial charge in [0.25, 0.3) is 0 Å². The Morgan fingerprint density at radius 3 is 0.939 bits per heavy atom. The van der Waals surface area contributed by atoms with Gasteiger partial charge < -0.3 is 6.53 Å². The van der Waals surface area contributed by atoms with Crippen LogP contribution in [-0.2, 0) is 9.47 Å². The van der Waals surface area contributed by atoms with Gasteiger partial charge in [-0.05, 0) is 0 Å². The molecule has 1 N–H and O–H groups in total. The summed E-state index contributed by atoms with van der Waals surface area (Å²) in [6.45, 7) is 0. The molecule has 2 atom stereocenters. The van der Waals surface area contributed by atoms with E-state index in [-0.39, 0.29) is 31.0 Å². The second-order valence-corrected chi connectivity index (χ2v) is 8.92. The first-order valence-electron chi connectivity index (χ1n) is 10.2. The normalized spacial score (nSPS) is 24.5. The predicted molar refractivity (Wildman–Crippen MR) is 83.4 cm³/mol. The zero-order valence-corrected chi connectivity index (χ0v) is 23.4. The summed E-state index contributed by atoms with van der Waals surface area (Å²) in [4.78, 5) is 0. The van der Waals surface area contributed by atoms with Crippen LogP contribution in [0.25, 0.3) is 0 Å². The Morgan fingerprint density at radius 2 is 0.694 bits per heavy atom. The van der Waals surface area contributed by atoms with E-state index in [0.717, 1.165) is 0 Å². The van der Waals surface area contributed by atoms with Crippen LogP contribution in [0.2, 0.25) is 0 Å². The van der Waals surface area contributed by atoms with Crippen molar-refractivity contribution in [3.05, 3.63) is 0 Å². The van der Waals surface area contributed by atoms with E-state index in [2.05, 4.69) is 0 Å². The summed E-state index contributed by atoms with van der Waals surface area (Å²) >= 11 is 0. The first-order valence-corrected chi connectivity index (χ1v) is 10.2. The van der Waals surface area contributed by atoms with Crippen molar-refractivity contribution in [3.63, 3.8) is 0 Å². The Hall–Kier alpha value is -1.15. The van der Waals surface area contributed by atoms with E-state index < -0.39 is 95.9 Å². The first-order chi connectivity index (χ1) is 20.3. The van der Waals surface area contributed by atoms with Crippen LogP contribution in [0, 0.1) is 0 Å². The van der Waals surface area contributed by atoms with Crippen LogP contribution in [0.5, 0.6) is 0 Å². The van der Waals surface area contributed by atoms with E-state index in [0.29, 0.717) is 0 Å². The smallest absolute Gasteiger partial charge is 1.00 e. The monoisotopic (exact) mass is 818 g/mol. The molecule has 0 amide bonds. The molecule has 1 aliphatic rings. The SMILES string of the molecule is OC(F)(F)C1(C(F)(F)C(F)(F)C(F)(F)C(F)(F)C(F)(F)C(F)F)OC(F)(F)C(F)(C(F)(F)C(F)(F)C(F)(F)C(F)(F)C(F)(F)C(F)F)O1.[H-].[Na+]. The molecule has 1 rings (SSSR count). The van der Waals surface area contributed by atoms with Gasteiger partial charge in [-0.1, -0.05) is 0 Å². The van der Waals surface area contributed by atoms with Gasteiger partial charge >= 0.3 is 125 Å². The maximum absolute atomic E-state index is 14.7. The maximum atomic E-state index is 14.7. The topological polar surface area (TPSA) is 38.7 Å². The fourth-order valence-corrected chi connectivity index (χ4v) is 3.10. The Balaban J connectivity index is 0. The summed E-state index contributed by atoms with van der Waals surface area (Å²) in [7, 11) is 0. The van der Waals surface area contributed by atoms with Gasteiger partial charge in [0.05, 0.1) is 0 Å². The molecule has 290 valence electrons. The summed E-state index contributed by atoms with van der Waals surface area (Å²) in [5, 5.41) is 8.29. The van der Waals surface area contributed by atoms with Crippen molar-refractivity contribution >= 4 is 0 Å². The molecule has 2 unspecified atom stereocenters. The van der Waals surface area contributed by atoms with Gasteiger partial charge in [-0.25, -0.2) is 17.6 Å². The van der Waals surface area contributed by atoms with Gasteiger partial charge in [0.2, 0.25) is 0 Å². The van der Waals surface area contributed by atoms with E-state index in [1.807, 2.05) is 0 Å². The van der Waals surface area contributed by atoms with Crippen LogP contribution in [0.3, 0.4) is 0 Å².